The number of rotatable bonds is 0. The number of hydrogen-bond acceptors (Lipinski definition) is 4. The van der Waals surface area contributed by atoms with Crippen LogP contribution in [0.5, 0.6) is 0 Å². The number of hydrogen-bond donors (Lipinski definition) is 0. The molecule has 0 saturated heterocycles. The first-order valence-electron chi connectivity index (χ1n) is 3.62. The Hall–Kier alpha value is -0.850. The Bertz CT molecular complexity index is 172. The van der Waals surface area contributed by atoms with Crippen molar-refractivity contribution in [1.82, 2.24) is 9.97 Å². The van der Waals surface area contributed by atoms with Crippen LogP contribution in [0.4, 0.5) is 0 Å². The van der Waals surface area contributed by atoms with Gasteiger partial charge in [-0.05, 0) is 4.43 Å². The van der Waals surface area contributed by atoms with E-state index in [4.69, 9.17) is 0 Å². The summed E-state index contributed by atoms with van der Waals surface area (Å²) in [5.74, 6) is 0. The van der Waals surface area contributed by atoms with Crippen molar-refractivity contribution < 1.29 is 8.83 Å². The zero-order valence-electron chi connectivity index (χ0n) is 7.26. The SMILES string of the molecule is CCI.c1cocn1.c1cocn1. The predicted molar refractivity (Wildman–Crippen MR) is 57.6 cm³/mol. The van der Waals surface area contributed by atoms with Gasteiger partial charge in [-0.2, -0.15) is 0 Å². The second-order valence-electron chi connectivity index (χ2n) is 1.62. The van der Waals surface area contributed by atoms with Crippen LogP contribution in [0.2, 0.25) is 0 Å². The summed E-state index contributed by atoms with van der Waals surface area (Å²) < 4.78 is 10.2. The Kier molecular flexibility index (Phi) is 10.4. The highest BCUT2D eigenvalue weighted by atomic mass is 127. The van der Waals surface area contributed by atoms with Crippen molar-refractivity contribution in [3.63, 3.8) is 0 Å². The van der Waals surface area contributed by atoms with Gasteiger partial charge in [0.05, 0.1) is 12.4 Å². The fourth-order valence-corrected chi connectivity index (χ4v) is 0.351. The van der Waals surface area contributed by atoms with Gasteiger partial charge in [0.2, 0.25) is 0 Å². The van der Waals surface area contributed by atoms with Gasteiger partial charge < -0.3 is 8.83 Å². The summed E-state index contributed by atoms with van der Waals surface area (Å²) in [6.07, 6.45) is 8.94. The number of oxazole rings is 2. The average molecular weight is 294 g/mol. The van der Waals surface area contributed by atoms with Gasteiger partial charge in [0.1, 0.15) is 12.5 Å². The van der Waals surface area contributed by atoms with E-state index >= 15 is 0 Å². The molecule has 2 aromatic rings. The van der Waals surface area contributed by atoms with Crippen LogP contribution >= 0.6 is 22.6 Å². The Morgan fingerprint density at radius 3 is 1.54 bits per heavy atom. The summed E-state index contributed by atoms with van der Waals surface area (Å²) in [4.78, 5) is 7.11. The minimum atomic E-state index is 1.22. The van der Waals surface area contributed by atoms with E-state index in [0.29, 0.717) is 0 Å². The second-order valence-corrected chi connectivity index (χ2v) is 3.14. The molecule has 0 amide bonds. The molecule has 72 valence electrons. The maximum Gasteiger partial charge on any atom is 0.180 e. The van der Waals surface area contributed by atoms with E-state index in [-0.39, 0.29) is 0 Å². The van der Waals surface area contributed by atoms with E-state index in [1.54, 1.807) is 12.4 Å². The van der Waals surface area contributed by atoms with E-state index in [2.05, 4.69) is 48.3 Å². The monoisotopic (exact) mass is 294 g/mol. The lowest BCUT2D eigenvalue weighted by Crippen LogP contribution is -1.38. The van der Waals surface area contributed by atoms with Crippen molar-refractivity contribution in [2.24, 2.45) is 0 Å². The van der Waals surface area contributed by atoms with Crippen molar-refractivity contribution in [2.75, 3.05) is 4.43 Å². The summed E-state index contributed by atoms with van der Waals surface area (Å²) in [5.41, 5.74) is 0. The summed E-state index contributed by atoms with van der Waals surface area (Å²) in [5, 5.41) is 0. The van der Waals surface area contributed by atoms with Crippen LogP contribution in [0.25, 0.3) is 0 Å². The fourth-order valence-electron chi connectivity index (χ4n) is 0.351. The molecule has 2 rings (SSSR count). The van der Waals surface area contributed by atoms with Crippen molar-refractivity contribution in [1.29, 1.82) is 0 Å². The van der Waals surface area contributed by atoms with Gasteiger partial charge in [-0.1, -0.05) is 29.5 Å². The third-order valence-electron chi connectivity index (χ3n) is 0.694. The van der Waals surface area contributed by atoms with Crippen LogP contribution in [-0.4, -0.2) is 14.4 Å². The maximum atomic E-state index is 4.47. The van der Waals surface area contributed by atoms with Crippen molar-refractivity contribution >= 4 is 22.6 Å². The first-order chi connectivity index (χ1) is 6.41. The maximum absolute atomic E-state index is 4.47. The molecular formula is C8H11IN2O2. The lowest BCUT2D eigenvalue weighted by molar-refractivity contribution is 0.557. The Morgan fingerprint density at radius 1 is 1.08 bits per heavy atom. The average Bonchev–Trinajstić information content (AvgIpc) is 2.85. The molecule has 0 N–H and O–H groups in total. The molecular weight excluding hydrogens is 283 g/mol. The molecule has 13 heavy (non-hydrogen) atoms. The highest BCUT2D eigenvalue weighted by Gasteiger charge is 1.60. The summed E-state index contributed by atoms with van der Waals surface area (Å²) >= 11 is 2.29. The molecule has 0 fully saturated rings. The Labute approximate surface area is 90.5 Å². The van der Waals surface area contributed by atoms with Gasteiger partial charge in [-0.15, -0.1) is 0 Å². The first-order valence-corrected chi connectivity index (χ1v) is 5.14. The van der Waals surface area contributed by atoms with E-state index in [0.717, 1.165) is 0 Å². The van der Waals surface area contributed by atoms with Crippen LogP contribution in [0.15, 0.2) is 46.5 Å². The third-order valence-corrected chi connectivity index (χ3v) is 0.694. The lowest BCUT2D eigenvalue weighted by atomic mass is 11.0. The summed E-state index contributed by atoms with van der Waals surface area (Å²) in [7, 11) is 0. The molecule has 4 nitrogen and oxygen atoms in total. The quantitative estimate of drug-likeness (QED) is 0.554. The Morgan fingerprint density at radius 2 is 1.46 bits per heavy atom. The van der Waals surface area contributed by atoms with Crippen LogP contribution < -0.4 is 0 Å². The fraction of sp³-hybridized carbons (Fsp3) is 0.250. The lowest BCUT2D eigenvalue weighted by Gasteiger charge is -1.47. The second kappa shape index (κ2) is 11.2. The standard InChI is InChI=1S/2C3H3NO.C2H5I/c2*1-2-5-3-4-1;1-2-3/h2*1-3H;2H2,1H3. The van der Waals surface area contributed by atoms with E-state index in [1.807, 2.05) is 0 Å². The molecule has 2 aromatic heterocycles. The number of aromatic nitrogens is 2. The molecule has 0 unspecified atom stereocenters. The minimum Gasteiger partial charge on any atom is -0.452 e. The molecule has 5 heteroatoms. The highest BCUT2D eigenvalue weighted by Crippen LogP contribution is 1.72. The Balaban J connectivity index is 0.000000174. The summed E-state index contributed by atoms with van der Waals surface area (Å²) in [6.45, 7) is 2.11. The smallest absolute Gasteiger partial charge is 0.180 e. The van der Waals surface area contributed by atoms with Crippen molar-refractivity contribution in [2.45, 2.75) is 6.92 Å². The first kappa shape index (κ1) is 12.2. The van der Waals surface area contributed by atoms with Gasteiger partial charge in [0.15, 0.2) is 12.8 Å². The third kappa shape index (κ3) is 11.1. The van der Waals surface area contributed by atoms with Crippen LogP contribution in [0, 0.1) is 0 Å². The van der Waals surface area contributed by atoms with Gasteiger partial charge in [0, 0.05) is 0 Å². The van der Waals surface area contributed by atoms with Crippen molar-refractivity contribution in [3.8, 4) is 0 Å². The number of halogens is 1. The van der Waals surface area contributed by atoms with Gasteiger partial charge in [-0.25, -0.2) is 9.97 Å². The summed E-state index contributed by atoms with van der Waals surface area (Å²) in [6, 6.07) is 0. The zero-order chi connectivity index (χ0) is 9.78. The van der Waals surface area contributed by atoms with Gasteiger partial charge in [-0.3, -0.25) is 0 Å². The van der Waals surface area contributed by atoms with Gasteiger partial charge >= 0.3 is 0 Å². The molecule has 0 saturated carbocycles. The zero-order valence-corrected chi connectivity index (χ0v) is 9.42. The van der Waals surface area contributed by atoms with E-state index < -0.39 is 0 Å². The number of alkyl halides is 1. The molecule has 0 aliphatic rings. The van der Waals surface area contributed by atoms with Crippen LogP contribution in [-0.2, 0) is 0 Å². The molecule has 0 bridgehead atoms. The van der Waals surface area contributed by atoms with E-state index in [9.17, 15) is 0 Å². The van der Waals surface area contributed by atoms with Gasteiger partial charge in [0.25, 0.3) is 0 Å². The normalized spacial score (nSPS) is 7.54. The van der Waals surface area contributed by atoms with Crippen LogP contribution in [0.1, 0.15) is 6.92 Å². The van der Waals surface area contributed by atoms with Crippen LogP contribution in [0.3, 0.4) is 0 Å². The molecule has 0 aromatic carbocycles. The highest BCUT2D eigenvalue weighted by molar-refractivity contribution is 14.1. The predicted octanol–water partition coefficient (Wildman–Crippen LogP) is 2.79. The minimum absolute atomic E-state index is 1.22. The van der Waals surface area contributed by atoms with E-state index in [1.165, 1.54) is 29.7 Å². The molecule has 2 heterocycles. The largest absolute Gasteiger partial charge is 0.452 e. The molecule has 0 radical (unpaired) electrons. The molecule has 0 aliphatic heterocycles. The molecule has 0 aliphatic carbocycles. The molecule has 0 atom stereocenters. The molecule has 0 spiro atoms. The topological polar surface area (TPSA) is 52.1 Å². The van der Waals surface area contributed by atoms with Crippen molar-refractivity contribution in [3.05, 3.63) is 37.7 Å². The number of nitrogens with zero attached hydrogens (tertiary/aromatic N) is 2.